The fourth-order valence-electron chi connectivity index (χ4n) is 2.77. The van der Waals surface area contributed by atoms with Crippen LogP contribution in [0.15, 0.2) is 94.1 Å². The molecule has 138 valence electrons. The van der Waals surface area contributed by atoms with Crippen molar-refractivity contribution >= 4 is 22.6 Å². The second-order valence-electron chi connectivity index (χ2n) is 6.26. The van der Waals surface area contributed by atoms with E-state index < -0.39 is 5.63 Å². The minimum Gasteiger partial charge on any atom is -0.489 e. The van der Waals surface area contributed by atoms with E-state index in [0.717, 1.165) is 16.6 Å². The van der Waals surface area contributed by atoms with Gasteiger partial charge in [-0.05, 0) is 48.0 Å². The molecule has 0 bridgehead atoms. The van der Waals surface area contributed by atoms with Gasteiger partial charge in [-0.3, -0.25) is 4.79 Å². The summed E-state index contributed by atoms with van der Waals surface area (Å²) < 4.78 is 10.9. The first kappa shape index (κ1) is 17.5. The third kappa shape index (κ3) is 4.10. The first-order chi connectivity index (χ1) is 13.7. The molecule has 0 aliphatic heterocycles. The van der Waals surface area contributed by atoms with E-state index in [4.69, 9.17) is 9.15 Å². The Morgan fingerprint density at radius 3 is 2.43 bits per heavy atom. The smallest absolute Gasteiger partial charge is 0.336 e. The first-order valence-electron chi connectivity index (χ1n) is 8.79. The maximum Gasteiger partial charge on any atom is 0.336 e. The van der Waals surface area contributed by atoms with Crippen LogP contribution in [0.2, 0.25) is 0 Å². The number of rotatable bonds is 5. The van der Waals surface area contributed by atoms with Crippen LogP contribution in [0.5, 0.6) is 5.75 Å². The van der Waals surface area contributed by atoms with E-state index in [2.05, 4.69) is 5.32 Å². The van der Waals surface area contributed by atoms with Gasteiger partial charge in [0.25, 0.3) is 5.91 Å². The monoisotopic (exact) mass is 371 g/mol. The number of hydrogen-bond donors (Lipinski definition) is 1. The molecule has 5 nitrogen and oxygen atoms in total. The van der Waals surface area contributed by atoms with Gasteiger partial charge in [-0.15, -0.1) is 0 Å². The number of fused-ring (bicyclic) bond motifs is 1. The van der Waals surface area contributed by atoms with Crippen LogP contribution in [0.25, 0.3) is 11.0 Å². The molecule has 0 saturated heterocycles. The predicted octanol–water partition coefficient (Wildman–Crippen LogP) is 4.62. The van der Waals surface area contributed by atoms with E-state index in [1.807, 2.05) is 54.6 Å². The summed E-state index contributed by atoms with van der Waals surface area (Å²) in [7, 11) is 0. The van der Waals surface area contributed by atoms with Gasteiger partial charge in [-0.2, -0.15) is 0 Å². The van der Waals surface area contributed by atoms with Crippen LogP contribution in [-0.2, 0) is 6.61 Å². The average molecular weight is 371 g/mol. The standard InChI is InChI=1S/C23H17NO4/c25-22-13-11-17-10-12-20(14-21(17)28-22)27-15-16-6-8-18(9-7-16)23(26)24-19-4-2-1-3-5-19/h1-14H,15H2,(H,24,26). The topological polar surface area (TPSA) is 68.5 Å². The number of carbonyl (C=O) groups is 1. The van der Waals surface area contributed by atoms with Crippen LogP contribution < -0.4 is 15.7 Å². The average Bonchev–Trinajstić information content (AvgIpc) is 2.73. The zero-order chi connectivity index (χ0) is 19.3. The molecule has 28 heavy (non-hydrogen) atoms. The van der Waals surface area contributed by atoms with Gasteiger partial charge in [-0.1, -0.05) is 30.3 Å². The van der Waals surface area contributed by atoms with E-state index in [1.54, 1.807) is 24.3 Å². The van der Waals surface area contributed by atoms with E-state index >= 15 is 0 Å². The Morgan fingerprint density at radius 2 is 1.64 bits per heavy atom. The van der Waals surface area contributed by atoms with Crippen LogP contribution in [-0.4, -0.2) is 5.91 Å². The Hall–Kier alpha value is -3.86. The van der Waals surface area contributed by atoms with Crippen LogP contribution >= 0.6 is 0 Å². The minimum absolute atomic E-state index is 0.164. The molecule has 1 N–H and O–H groups in total. The number of nitrogens with one attached hydrogen (secondary N) is 1. The van der Waals surface area contributed by atoms with Crippen molar-refractivity contribution in [2.24, 2.45) is 0 Å². The molecule has 1 heterocycles. The molecule has 5 heteroatoms. The molecule has 0 saturated carbocycles. The second-order valence-corrected chi connectivity index (χ2v) is 6.26. The lowest BCUT2D eigenvalue weighted by Crippen LogP contribution is -2.11. The molecule has 0 radical (unpaired) electrons. The van der Waals surface area contributed by atoms with E-state index in [-0.39, 0.29) is 5.91 Å². The molecule has 0 aliphatic carbocycles. The summed E-state index contributed by atoms with van der Waals surface area (Å²) in [5.41, 5.74) is 2.33. The number of carbonyl (C=O) groups excluding carboxylic acids is 1. The quantitative estimate of drug-likeness (QED) is 0.520. The van der Waals surface area contributed by atoms with Gasteiger partial charge in [0.05, 0.1) is 0 Å². The number of ether oxygens (including phenoxy) is 1. The molecule has 0 spiro atoms. The maximum atomic E-state index is 12.3. The summed E-state index contributed by atoms with van der Waals surface area (Å²) in [6, 6.07) is 25.0. The van der Waals surface area contributed by atoms with Crippen molar-refractivity contribution in [3.63, 3.8) is 0 Å². The van der Waals surface area contributed by atoms with Crippen LogP contribution in [0.4, 0.5) is 5.69 Å². The summed E-state index contributed by atoms with van der Waals surface area (Å²) in [5, 5.41) is 3.68. The van der Waals surface area contributed by atoms with Crippen molar-refractivity contribution in [3.8, 4) is 5.75 Å². The molecule has 0 atom stereocenters. The zero-order valence-electron chi connectivity index (χ0n) is 14.9. The fraction of sp³-hybridized carbons (Fsp3) is 0.0435. The summed E-state index contributed by atoms with van der Waals surface area (Å²) in [4.78, 5) is 23.6. The van der Waals surface area contributed by atoms with Crippen LogP contribution in [0.3, 0.4) is 0 Å². The van der Waals surface area contributed by atoms with Gasteiger partial charge in [0, 0.05) is 28.8 Å². The Balaban J connectivity index is 1.40. The van der Waals surface area contributed by atoms with Crippen molar-refractivity contribution in [3.05, 3.63) is 106 Å². The molecule has 0 fully saturated rings. The minimum atomic E-state index is -0.394. The van der Waals surface area contributed by atoms with Crippen molar-refractivity contribution in [2.75, 3.05) is 5.32 Å². The molecular formula is C23H17NO4. The van der Waals surface area contributed by atoms with Crippen LogP contribution in [0, 0.1) is 0 Å². The number of anilines is 1. The normalized spacial score (nSPS) is 10.6. The van der Waals surface area contributed by atoms with Gasteiger partial charge in [-0.25, -0.2) is 4.79 Å². The third-order valence-corrected chi connectivity index (χ3v) is 4.25. The zero-order valence-corrected chi connectivity index (χ0v) is 14.9. The number of amides is 1. The SMILES string of the molecule is O=C(Nc1ccccc1)c1ccc(COc2ccc3ccc(=O)oc3c2)cc1. The highest BCUT2D eigenvalue weighted by atomic mass is 16.5. The third-order valence-electron chi connectivity index (χ3n) is 4.25. The molecule has 4 rings (SSSR count). The lowest BCUT2D eigenvalue weighted by molar-refractivity contribution is 0.102. The summed E-state index contributed by atoms with van der Waals surface area (Å²) in [5.74, 6) is 0.441. The molecule has 0 unspecified atom stereocenters. The Labute approximate surface area is 161 Å². The molecular weight excluding hydrogens is 354 g/mol. The Kier molecular flexibility index (Phi) is 4.89. The highest BCUT2D eigenvalue weighted by Gasteiger charge is 2.06. The van der Waals surface area contributed by atoms with Gasteiger partial charge in [0.1, 0.15) is 17.9 Å². The Morgan fingerprint density at radius 1 is 0.893 bits per heavy atom. The fourth-order valence-corrected chi connectivity index (χ4v) is 2.77. The van der Waals surface area contributed by atoms with Crippen molar-refractivity contribution in [1.29, 1.82) is 0 Å². The lowest BCUT2D eigenvalue weighted by Gasteiger charge is -2.08. The second kappa shape index (κ2) is 7.80. The van der Waals surface area contributed by atoms with Crippen molar-refractivity contribution < 1.29 is 13.9 Å². The highest BCUT2D eigenvalue weighted by Crippen LogP contribution is 2.20. The summed E-state index contributed by atoms with van der Waals surface area (Å²) in [6.07, 6.45) is 0. The van der Waals surface area contributed by atoms with Crippen molar-refractivity contribution in [1.82, 2.24) is 0 Å². The van der Waals surface area contributed by atoms with Crippen LogP contribution in [0.1, 0.15) is 15.9 Å². The Bertz CT molecular complexity index is 1160. The van der Waals surface area contributed by atoms with Crippen molar-refractivity contribution in [2.45, 2.75) is 6.61 Å². The highest BCUT2D eigenvalue weighted by molar-refractivity contribution is 6.04. The number of para-hydroxylation sites is 1. The van der Waals surface area contributed by atoms with E-state index in [9.17, 15) is 9.59 Å². The maximum absolute atomic E-state index is 12.3. The summed E-state index contributed by atoms with van der Waals surface area (Å²) in [6.45, 7) is 0.336. The number of benzene rings is 3. The van der Waals surface area contributed by atoms with Gasteiger partial charge in [0.15, 0.2) is 0 Å². The molecule has 1 aromatic heterocycles. The molecule has 3 aromatic carbocycles. The van der Waals surface area contributed by atoms with E-state index in [1.165, 1.54) is 6.07 Å². The predicted molar refractivity (Wildman–Crippen MR) is 108 cm³/mol. The summed E-state index contributed by atoms with van der Waals surface area (Å²) >= 11 is 0. The molecule has 4 aromatic rings. The first-order valence-corrected chi connectivity index (χ1v) is 8.79. The van der Waals surface area contributed by atoms with Gasteiger partial charge >= 0.3 is 5.63 Å². The largest absolute Gasteiger partial charge is 0.489 e. The molecule has 0 aliphatic rings. The van der Waals surface area contributed by atoms with Gasteiger partial charge < -0.3 is 14.5 Å². The lowest BCUT2D eigenvalue weighted by atomic mass is 10.1. The number of hydrogen-bond acceptors (Lipinski definition) is 4. The van der Waals surface area contributed by atoms with E-state index in [0.29, 0.717) is 23.5 Å². The molecule has 1 amide bonds. The van der Waals surface area contributed by atoms with Gasteiger partial charge in [0.2, 0.25) is 0 Å².